The van der Waals surface area contributed by atoms with E-state index in [9.17, 15) is 9.59 Å². The van der Waals surface area contributed by atoms with Crippen LogP contribution in [0.1, 0.15) is 18.1 Å². The predicted octanol–water partition coefficient (Wildman–Crippen LogP) is 3.69. The van der Waals surface area contributed by atoms with E-state index < -0.39 is 0 Å². The first-order valence-corrected chi connectivity index (χ1v) is 10.6. The van der Waals surface area contributed by atoms with Crippen LogP contribution in [0.3, 0.4) is 0 Å². The Balaban J connectivity index is 1.56. The summed E-state index contributed by atoms with van der Waals surface area (Å²) in [6.07, 6.45) is 0.959. The molecule has 0 radical (unpaired) electrons. The van der Waals surface area contributed by atoms with Crippen molar-refractivity contribution < 1.29 is 4.79 Å². The maximum atomic E-state index is 12.4. The van der Waals surface area contributed by atoms with Crippen LogP contribution in [0.15, 0.2) is 64.5 Å². The zero-order chi connectivity index (χ0) is 21.1. The summed E-state index contributed by atoms with van der Waals surface area (Å²) in [6.45, 7) is 4.04. The Kier molecular flexibility index (Phi) is 5.67. The number of aromatic amines is 1. The van der Waals surface area contributed by atoms with E-state index in [1.54, 1.807) is 6.07 Å². The Labute approximate surface area is 177 Å². The summed E-state index contributed by atoms with van der Waals surface area (Å²) in [4.78, 5) is 24.6. The second-order valence-corrected chi connectivity index (χ2v) is 7.81. The van der Waals surface area contributed by atoms with Gasteiger partial charge in [0.1, 0.15) is 5.52 Å². The Hall–Kier alpha value is -3.39. The molecule has 0 aliphatic carbocycles. The van der Waals surface area contributed by atoms with Crippen LogP contribution in [-0.4, -0.2) is 31.5 Å². The molecule has 0 saturated carbocycles. The first kappa shape index (κ1) is 19.9. The molecule has 4 rings (SSSR count). The number of rotatable bonds is 6. The molecule has 2 heterocycles. The van der Waals surface area contributed by atoms with Gasteiger partial charge in [-0.15, -0.1) is 5.10 Å². The monoisotopic (exact) mass is 419 g/mol. The number of fused-ring (bicyclic) bond motifs is 1. The molecule has 2 aromatic carbocycles. The summed E-state index contributed by atoms with van der Waals surface area (Å²) in [5.41, 5.74) is 4.67. The molecule has 2 N–H and O–H groups in total. The molecule has 0 spiro atoms. The summed E-state index contributed by atoms with van der Waals surface area (Å²) >= 11 is 1.21. The van der Waals surface area contributed by atoms with Gasteiger partial charge >= 0.3 is 0 Å². The van der Waals surface area contributed by atoms with Crippen LogP contribution in [0.2, 0.25) is 0 Å². The summed E-state index contributed by atoms with van der Waals surface area (Å²) in [5, 5.41) is 14.5. The van der Waals surface area contributed by atoms with Gasteiger partial charge < -0.3 is 5.32 Å². The van der Waals surface area contributed by atoms with Crippen molar-refractivity contribution in [3.63, 3.8) is 0 Å². The van der Waals surface area contributed by atoms with Crippen LogP contribution in [-0.2, 0) is 11.2 Å². The number of amides is 1. The van der Waals surface area contributed by atoms with Crippen LogP contribution in [0.5, 0.6) is 0 Å². The van der Waals surface area contributed by atoms with Crippen LogP contribution in [0.25, 0.3) is 16.8 Å². The van der Waals surface area contributed by atoms with Gasteiger partial charge in [0, 0.05) is 11.3 Å². The quantitative estimate of drug-likeness (QED) is 0.465. The van der Waals surface area contributed by atoms with Crippen LogP contribution in [0.4, 0.5) is 5.69 Å². The first-order chi connectivity index (χ1) is 14.5. The maximum absolute atomic E-state index is 12.4. The molecule has 2 aromatic heterocycles. The van der Waals surface area contributed by atoms with Gasteiger partial charge in [-0.2, -0.15) is 5.10 Å². The molecule has 4 aromatic rings. The van der Waals surface area contributed by atoms with E-state index in [1.165, 1.54) is 21.8 Å². The maximum Gasteiger partial charge on any atom is 0.290 e. The largest absolute Gasteiger partial charge is 0.325 e. The highest BCUT2D eigenvalue weighted by Crippen LogP contribution is 2.22. The molecule has 0 aliphatic heterocycles. The molecule has 7 nitrogen and oxygen atoms in total. The SMILES string of the molecule is CCc1ccc(-c2cc3c(=O)[nH]nc(SCC(=O)Nc4ccccc4C)n3n2)cc1. The number of thioether (sulfide) groups is 1. The standard InChI is InChI=1S/C22H21N5O2S/c1-3-15-8-10-16(11-9-15)18-12-19-21(29)24-25-22(27(19)26-18)30-13-20(28)23-17-7-5-4-6-14(17)2/h4-12H,3,13H2,1-2H3,(H,23,28)(H,24,29). The van der Waals surface area contributed by atoms with Gasteiger partial charge in [0.05, 0.1) is 11.4 Å². The van der Waals surface area contributed by atoms with E-state index in [1.807, 2.05) is 55.5 Å². The molecule has 8 heteroatoms. The molecular weight excluding hydrogens is 398 g/mol. The minimum Gasteiger partial charge on any atom is -0.325 e. The van der Waals surface area contributed by atoms with E-state index in [2.05, 4.69) is 27.5 Å². The van der Waals surface area contributed by atoms with Crippen molar-refractivity contribution in [2.45, 2.75) is 25.4 Å². The lowest BCUT2D eigenvalue weighted by atomic mass is 10.1. The molecular formula is C22H21N5O2S. The fraction of sp³-hybridized carbons (Fsp3) is 0.182. The van der Waals surface area contributed by atoms with E-state index in [-0.39, 0.29) is 17.2 Å². The number of nitrogens with zero attached hydrogens (tertiary/aromatic N) is 3. The number of carbonyl (C=O) groups excluding carboxylic acids is 1. The van der Waals surface area contributed by atoms with E-state index in [0.717, 1.165) is 23.2 Å². The average Bonchev–Trinajstić information content (AvgIpc) is 3.21. The lowest BCUT2D eigenvalue weighted by molar-refractivity contribution is -0.113. The third-order valence-corrected chi connectivity index (χ3v) is 5.71. The van der Waals surface area contributed by atoms with E-state index >= 15 is 0 Å². The number of hydrogen-bond donors (Lipinski definition) is 2. The van der Waals surface area contributed by atoms with Crippen LogP contribution in [0, 0.1) is 6.92 Å². The van der Waals surface area contributed by atoms with Gasteiger partial charge in [0.15, 0.2) is 0 Å². The topological polar surface area (TPSA) is 92.1 Å². The lowest BCUT2D eigenvalue weighted by Crippen LogP contribution is -2.17. The number of hydrogen-bond acceptors (Lipinski definition) is 5. The van der Waals surface area contributed by atoms with Crippen molar-refractivity contribution in [1.82, 2.24) is 19.8 Å². The number of carbonyl (C=O) groups is 1. The highest BCUT2D eigenvalue weighted by molar-refractivity contribution is 7.99. The zero-order valence-corrected chi connectivity index (χ0v) is 17.5. The Morgan fingerprint density at radius 3 is 2.67 bits per heavy atom. The number of aromatic nitrogens is 4. The summed E-state index contributed by atoms with van der Waals surface area (Å²) in [5.74, 6) is -0.0129. The highest BCUT2D eigenvalue weighted by Gasteiger charge is 2.14. The lowest BCUT2D eigenvalue weighted by Gasteiger charge is -2.07. The molecule has 0 unspecified atom stereocenters. The minimum absolute atomic E-state index is 0.142. The number of benzene rings is 2. The zero-order valence-electron chi connectivity index (χ0n) is 16.7. The van der Waals surface area contributed by atoms with E-state index in [0.29, 0.717) is 16.4 Å². The van der Waals surface area contributed by atoms with Gasteiger partial charge in [-0.25, -0.2) is 9.61 Å². The fourth-order valence-corrected chi connectivity index (χ4v) is 3.77. The number of anilines is 1. The van der Waals surface area contributed by atoms with Crippen molar-refractivity contribution in [1.29, 1.82) is 0 Å². The molecule has 0 aliphatic rings. The molecule has 30 heavy (non-hydrogen) atoms. The molecule has 0 bridgehead atoms. The van der Waals surface area contributed by atoms with Gasteiger partial charge in [0.25, 0.3) is 5.56 Å². The van der Waals surface area contributed by atoms with Crippen LogP contribution < -0.4 is 10.9 Å². The first-order valence-electron chi connectivity index (χ1n) is 9.61. The second kappa shape index (κ2) is 8.54. The van der Waals surface area contributed by atoms with Crippen molar-refractivity contribution >= 4 is 28.9 Å². The van der Waals surface area contributed by atoms with Gasteiger partial charge in [-0.3, -0.25) is 9.59 Å². The van der Waals surface area contributed by atoms with Crippen molar-refractivity contribution in [3.05, 3.63) is 76.1 Å². The van der Waals surface area contributed by atoms with Crippen molar-refractivity contribution in [3.8, 4) is 11.3 Å². The summed E-state index contributed by atoms with van der Waals surface area (Å²) in [7, 11) is 0. The van der Waals surface area contributed by atoms with Crippen LogP contribution >= 0.6 is 11.8 Å². The molecule has 0 saturated heterocycles. The average molecular weight is 420 g/mol. The number of H-pyrrole nitrogens is 1. The predicted molar refractivity (Wildman–Crippen MR) is 119 cm³/mol. The third kappa shape index (κ3) is 4.13. The summed E-state index contributed by atoms with van der Waals surface area (Å²) in [6, 6.07) is 17.4. The Bertz CT molecular complexity index is 1260. The van der Waals surface area contributed by atoms with Gasteiger partial charge in [-0.05, 0) is 36.6 Å². The smallest absolute Gasteiger partial charge is 0.290 e. The third-order valence-electron chi connectivity index (χ3n) is 4.79. The summed E-state index contributed by atoms with van der Waals surface area (Å²) < 4.78 is 1.49. The molecule has 0 fully saturated rings. The normalized spacial score (nSPS) is 11.0. The Morgan fingerprint density at radius 1 is 1.17 bits per heavy atom. The number of nitrogens with one attached hydrogen (secondary N) is 2. The minimum atomic E-state index is -0.326. The van der Waals surface area contributed by atoms with Crippen molar-refractivity contribution in [2.75, 3.05) is 11.1 Å². The van der Waals surface area contributed by atoms with Crippen molar-refractivity contribution in [2.24, 2.45) is 0 Å². The fourth-order valence-electron chi connectivity index (χ4n) is 3.07. The molecule has 1 amide bonds. The van der Waals surface area contributed by atoms with Gasteiger partial charge in [-0.1, -0.05) is 61.2 Å². The molecule has 152 valence electrons. The highest BCUT2D eigenvalue weighted by atomic mass is 32.2. The molecule has 0 atom stereocenters. The number of para-hydroxylation sites is 1. The second-order valence-electron chi connectivity index (χ2n) is 6.86. The number of aryl methyl sites for hydroxylation is 2. The Morgan fingerprint density at radius 2 is 1.93 bits per heavy atom. The van der Waals surface area contributed by atoms with E-state index in [4.69, 9.17) is 0 Å². The van der Waals surface area contributed by atoms with Gasteiger partial charge in [0.2, 0.25) is 11.1 Å².